The van der Waals surface area contributed by atoms with Gasteiger partial charge in [-0.05, 0) is 48.6 Å². The number of rotatable bonds is 5. The lowest BCUT2D eigenvalue weighted by Crippen LogP contribution is -2.32. The number of hydrogen-bond donors (Lipinski definition) is 2. The van der Waals surface area contributed by atoms with Gasteiger partial charge in [0.15, 0.2) is 0 Å². The van der Waals surface area contributed by atoms with E-state index in [1.54, 1.807) is 18.2 Å². The summed E-state index contributed by atoms with van der Waals surface area (Å²) in [6.45, 7) is -2.92. The molecule has 140 valence electrons. The molecule has 0 fully saturated rings. The Balaban J connectivity index is 0.00000243. The highest BCUT2D eigenvalue weighted by Crippen LogP contribution is 2.31. The number of halogens is 3. The van der Waals surface area contributed by atoms with Crippen molar-refractivity contribution in [1.29, 1.82) is 0 Å². The third kappa shape index (κ3) is 4.85. The SMILES string of the molecule is Cl.Nc1ccc2c(c1)CCCC2NC(=O)Cc1ccccc1OC(F)F. The van der Waals surface area contributed by atoms with Gasteiger partial charge < -0.3 is 15.8 Å². The number of carbonyl (C=O) groups excluding carboxylic acids is 1. The van der Waals surface area contributed by atoms with Crippen LogP contribution in [0.4, 0.5) is 14.5 Å². The van der Waals surface area contributed by atoms with Crippen LogP contribution in [0.15, 0.2) is 42.5 Å². The van der Waals surface area contributed by atoms with Crippen molar-refractivity contribution in [2.75, 3.05) is 5.73 Å². The first-order valence-corrected chi connectivity index (χ1v) is 8.23. The molecule has 4 nitrogen and oxygen atoms in total. The second kappa shape index (κ2) is 8.85. The summed E-state index contributed by atoms with van der Waals surface area (Å²) < 4.78 is 29.4. The molecule has 0 saturated heterocycles. The lowest BCUT2D eigenvalue weighted by molar-refractivity contribution is -0.121. The highest BCUT2D eigenvalue weighted by Gasteiger charge is 2.22. The van der Waals surface area contributed by atoms with Crippen molar-refractivity contribution in [1.82, 2.24) is 5.32 Å². The third-order valence-corrected chi connectivity index (χ3v) is 4.36. The number of amides is 1. The summed E-state index contributed by atoms with van der Waals surface area (Å²) in [5.41, 5.74) is 9.20. The molecule has 0 heterocycles. The predicted molar refractivity (Wildman–Crippen MR) is 98.7 cm³/mol. The number of nitrogens with two attached hydrogens (primary N) is 1. The van der Waals surface area contributed by atoms with Gasteiger partial charge >= 0.3 is 6.61 Å². The van der Waals surface area contributed by atoms with Crippen LogP contribution in [0.1, 0.15) is 35.6 Å². The van der Waals surface area contributed by atoms with Gasteiger partial charge in [0, 0.05) is 11.3 Å². The smallest absolute Gasteiger partial charge is 0.387 e. The Morgan fingerprint density at radius 1 is 1.27 bits per heavy atom. The van der Waals surface area contributed by atoms with E-state index in [0.29, 0.717) is 11.3 Å². The zero-order chi connectivity index (χ0) is 17.8. The molecule has 1 atom stereocenters. The van der Waals surface area contributed by atoms with E-state index in [4.69, 9.17) is 5.73 Å². The van der Waals surface area contributed by atoms with Crippen LogP contribution in [-0.4, -0.2) is 12.5 Å². The molecule has 3 N–H and O–H groups in total. The van der Waals surface area contributed by atoms with Crippen molar-refractivity contribution < 1.29 is 18.3 Å². The molecule has 0 spiro atoms. The molecule has 2 aromatic carbocycles. The Bertz CT molecular complexity index is 771. The van der Waals surface area contributed by atoms with Gasteiger partial charge in [0.05, 0.1) is 12.5 Å². The zero-order valence-electron chi connectivity index (χ0n) is 14.1. The van der Waals surface area contributed by atoms with Gasteiger partial charge in [0.2, 0.25) is 5.91 Å². The Morgan fingerprint density at radius 2 is 2.04 bits per heavy atom. The molecule has 0 aliphatic heterocycles. The molecule has 1 aliphatic rings. The van der Waals surface area contributed by atoms with Gasteiger partial charge in [0.1, 0.15) is 5.75 Å². The summed E-state index contributed by atoms with van der Waals surface area (Å²) >= 11 is 0. The molecule has 7 heteroatoms. The lowest BCUT2D eigenvalue weighted by atomic mass is 9.87. The molecule has 0 aromatic heterocycles. The number of nitrogen functional groups attached to an aromatic ring is 1. The summed E-state index contributed by atoms with van der Waals surface area (Å²) in [5, 5.41) is 3.00. The van der Waals surface area contributed by atoms with Crippen molar-refractivity contribution in [3.8, 4) is 5.75 Å². The number of benzene rings is 2. The Hall–Kier alpha value is -2.34. The summed E-state index contributed by atoms with van der Waals surface area (Å²) in [4.78, 5) is 12.4. The maximum absolute atomic E-state index is 12.5. The van der Waals surface area contributed by atoms with E-state index in [1.165, 1.54) is 6.07 Å². The number of alkyl halides is 2. The van der Waals surface area contributed by atoms with Crippen LogP contribution in [0, 0.1) is 0 Å². The number of nitrogens with one attached hydrogen (secondary N) is 1. The first kappa shape index (κ1) is 20.0. The molecule has 3 rings (SSSR count). The number of fused-ring (bicyclic) bond motifs is 1. The van der Waals surface area contributed by atoms with E-state index in [-0.39, 0.29) is 36.5 Å². The topological polar surface area (TPSA) is 64.3 Å². The van der Waals surface area contributed by atoms with Crippen LogP contribution in [-0.2, 0) is 17.6 Å². The average molecular weight is 383 g/mol. The fourth-order valence-electron chi connectivity index (χ4n) is 3.26. The third-order valence-electron chi connectivity index (χ3n) is 4.36. The van der Waals surface area contributed by atoms with Crippen LogP contribution in [0.2, 0.25) is 0 Å². The molecule has 1 unspecified atom stereocenters. The maximum Gasteiger partial charge on any atom is 0.387 e. The van der Waals surface area contributed by atoms with Gasteiger partial charge in [-0.15, -0.1) is 12.4 Å². The molecule has 2 aromatic rings. The van der Waals surface area contributed by atoms with Gasteiger partial charge in [-0.25, -0.2) is 0 Å². The van der Waals surface area contributed by atoms with Gasteiger partial charge in [-0.3, -0.25) is 4.79 Å². The second-order valence-corrected chi connectivity index (χ2v) is 6.13. The highest BCUT2D eigenvalue weighted by molar-refractivity contribution is 5.85. The molecular weight excluding hydrogens is 362 g/mol. The van der Waals surface area contributed by atoms with Crippen LogP contribution in [0.5, 0.6) is 5.75 Å². The Labute approximate surface area is 157 Å². The van der Waals surface area contributed by atoms with E-state index < -0.39 is 6.61 Å². The summed E-state index contributed by atoms with van der Waals surface area (Å²) in [6.07, 6.45) is 2.74. The average Bonchev–Trinajstić information content (AvgIpc) is 2.56. The first-order valence-electron chi connectivity index (χ1n) is 8.23. The molecule has 0 bridgehead atoms. The predicted octanol–water partition coefficient (Wildman–Crippen LogP) is 4.03. The van der Waals surface area contributed by atoms with Crippen LogP contribution in [0.3, 0.4) is 0 Å². The minimum atomic E-state index is -2.92. The zero-order valence-corrected chi connectivity index (χ0v) is 14.9. The van der Waals surface area contributed by atoms with Crippen molar-refractivity contribution in [2.24, 2.45) is 0 Å². The number of anilines is 1. The van der Waals surface area contributed by atoms with E-state index in [2.05, 4.69) is 10.1 Å². The molecule has 1 aliphatic carbocycles. The molecule has 0 radical (unpaired) electrons. The van der Waals surface area contributed by atoms with Gasteiger partial charge in [-0.2, -0.15) is 8.78 Å². The number of para-hydroxylation sites is 1. The quantitative estimate of drug-likeness (QED) is 0.767. The standard InChI is InChI=1S/C19H20F2N2O2.ClH/c20-19(21)25-17-7-2-1-4-13(17)11-18(24)23-16-6-3-5-12-10-14(22)8-9-15(12)16;/h1-2,4,7-10,16,19H,3,5-6,11,22H2,(H,23,24);1H. The van der Waals surface area contributed by atoms with Crippen molar-refractivity contribution >= 4 is 24.0 Å². The van der Waals surface area contributed by atoms with Crippen LogP contribution in [0.25, 0.3) is 0 Å². The molecule has 0 saturated carbocycles. The monoisotopic (exact) mass is 382 g/mol. The van der Waals surface area contributed by atoms with Crippen molar-refractivity contribution in [3.63, 3.8) is 0 Å². The fourth-order valence-corrected chi connectivity index (χ4v) is 3.26. The van der Waals surface area contributed by atoms with E-state index in [0.717, 1.165) is 30.4 Å². The Kier molecular flexibility index (Phi) is 6.80. The number of aryl methyl sites for hydroxylation is 1. The molecule has 1 amide bonds. The summed E-state index contributed by atoms with van der Waals surface area (Å²) in [5.74, 6) is -0.190. The first-order chi connectivity index (χ1) is 12.0. The van der Waals surface area contributed by atoms with E-state index in [9.17, 15) is 13.6 Å². The van der Waals surface area contributed by atoms with E-state index in [1.807, 2.05) is 18.2 Å². The largest absolute Gasteiger partial charge is 0.435 e. The summed E-state index contributed by atoms with van der Waals surface area (Å²) in [7, 11) is 0. The highest BCUT2D eigenvalue weighted by atomic mass is 35.5. The Morgan fingerprint density at radius 3 is 2.81 bits per heavy atom. The maximum atomic E-state index is 12.5. The number of carbonyl (C=O) groups is 1. The van der Waals surface area contributed by atoms with Crippen molar-refractivity contribution in [3.05, 3.63) is 59.2 Å². The van der Waals surface area contributed by atoms with Crippen LogP contribution < -0.4 is 15.8 Å². The fraction of sp³-hybridized carbons (Fsp3) is 0.316. The lowest BCUT2D eigenvalue weighted by Gasteiger charge is -2.27. The second-order valence-electron chi connectivity index (χ2n) is 6.13. The normalized spacial score (nSPS) is 15.7. The van der Waals surface area contributed by atoms with Gasteiger partial charge in [-0.1, -0.05) is 24.3 Å². The van der Waals surface area contributed by atoms with Gasteiger partial charge in [0.25, 0.3) is 0 Å². The number of ether oxygens (including phenoxy) is 1. The number of hydrogen-bond acceptors (Lipinski definition) is 3. The minimum Gasteiger partial charge on any atom is -0.435 e. The van der Waals surface area contributed by atoms with Crippen molar-refractivity contribution in [2.45, 2.75) is 38.3 Å². The molecular formula is C19H21ClF2N2O2. The molecule has 26 heavy (non-hydrogen) atoms. The minimum absolute atomic E-state index is 0. The summed E-state index contributed by atoms with van der Waals surface area (Å²) in [6, 6.07) is 12.0. The van der Waals surface area contributed by atoms with Crippen LogP contribution >= 0.6 is 12.4 Å². The van der Waals surface area contributed by atoms with E-state index >= 15 is 0 Å².